The van der Waals surface area contributed by atoms with Crippen LogP contribution in [0.25, 0.3) is 11.3 Å². The molecule has 0 radical (unpaired) electrons. The quantitative estimate of drug-likeness (QED) is 0.393. The molecule has 14 heteroatoms. The summed E-state index contributed by atoms with van der Waals surface area (Å²) in [6.45, 7) is -0.550. The first kappa shape index (κ1) is 24.9. The number of aliphatic hydroxyl groups excluding tert-OH is 3. The van der Waals surface area contributed by atoms with Crippen molar-refractivity contribution < 1.29 is 28.8 Å². The van der Waals surface area contributed by atoms with Crippen molar-refractivity contribution in [1.29, 1.82) is 5.26 Å². The van der Waals surface area contributed by atoms with Gasteiger partial charge < -0.3 is 20.1 Å². The molecule has 3 aromatic rings. The topological polar surface area (TPSA) is 137 Å². The number of aromatic nitrogens is 4. The average molecular weight is 575 g/mol. The smallest absolute Gasteiger partial charge is 0.154 e. The van der Waals surface area contributed by atoms with E-state index in [1.54, 1.807) is 6.07 Å². The van der Waals surface area contributed by atoms with E-state index >= 15 is 0 Å². The van der Waals surface area contributed by atoms with Crippen molar-refractivity contribution in [3.63, 3.8) is 0 Å². The Kier molecular flexibility index (Phi) is 7.48. The molecule has 1 aliphatic rings. The number of hydrogen-bond donors (Lipinski definition) is 3. The fraction of sp³-hybridized carbons (Fsp3) is 0.300. The lowest BCUT2D eigenvalue weighted by molar-refractivity contribution is -0.178. The van der Waals surface area contributed by atoms with E-state index < -0.39 is 53.1 Å². The van der Waals surface area contributed by atoms with Crippen molar-refractivity contribution in [2.45, 2.75) is 34.7 Å². The summed E-state index contributed by atoms with van der Waals surface area (Å²) in [5.41, 5.74) is -0.656. The molecule has 0 aliphatic carbocycles. The van der Waals surface area contributed by atoms with Gasteiger partial charge in [0.05, 0.1) is 17.3 Å². The number of pyridine rings is 1. The largest absolute Gasteiger partial charge is 0.394 e. The molecule has 34 heavy (non-hydrogen) atoms. The monoisotopic (exact) mass is 573 g/mol. The predicted octanol–water partition coefficient (Wildman–Crippen LogP) is 2.68. The van der Waals surface area contributed by atoms with Crippen LogP contribution in [0.5, 0.6) is 0 Å². The van der Waals surface area contributed by atoms with Crippen LogP contribution in [0, 0.1) is 23.0 Å². The van der Waals surface area contributed by atoms with Crippen LogP contribution in [0.1, 0.15) is 11.7 Å². The van der Waals surface area contributed by atoms with Crippen LogP contribution in [-0.4, -0.2) is 65.7 Å². The Bertz CT molecular complexity index is 1240. The van der Waals surface area contributed by atoms with Gasteiger partial charge in [0.1, 0.15) is 58.2 Å². The van der Waals surface area contributed by atoms with Gasteiger partial charge >= 0.3 is 0 Å². The molecule has 3 heterocycles. The number of rotatable bonds is 5. The van der Waals surface area contributed by atoms with Crippen LogP contribution in [0.2, 0.25) is 5.02 Å². The van der Waals surface area contributed by atoms with E-state index in [1.807, 2.05) is 6.07 Å². The Labute approximate surface area is 209 Å². The first-order valence-electron chi connectivity index (χ1n) is 9.65. The lowest BCUT2D eigenvalue weighted by atomic mass is 9.97. The number of nitrogens with zero attached hydrogens (tertiary/aromatic N) is 5. The number of ether oxygens (including phenoxy) is 1. The molecular weight excluding hydrogens is 560 g/mol. The van der Waals surface area contributed by atoms with Crippen molar-refractivity contribution in [2.24, 2.45) is 0 Å². The van der Waals surface area contributed by atoms with Gasteiger partial charge in [-0.25, -0.2) is 18.4 Å². The maximum absolute atomic E-state index is 13.9. The number of halogens is 4. The second-order valence-corrected chi connectivity index (χ2v) is 9.67. The molecule has 1 fully saturated rings. The first-order chi connectivity index (χ1) is 16.2. The van der Waals surface area contributed by atoms with E-state index in [1.165, 1.54) is 12.4 Å². The molecule has 0 spiro atoms. The number of thioether (sulfide) groups is 1. The van der Waals surface area contributed by atoms with Gasteiger partial charge in [-0.15, -0.1) is 5.10 Å². The van der Waals surface area contributed by atoms with E-state index in [0.29, 0.717) is 9.37 Å². The van der Waals surface area contributed by atoms with E-state index in [9.17, 15) is 24.1 Å². The fourth-order valence-corrected chi connectivity index (χ4v) is 5.20. The van der Waals surface area contributed by atoms with Crippen LogP contribution in [-0.2, 0) is 4.74 Å². The van der Waals surface area contributed by atoms with Gasteiger partial charge in [-0.05, 0) is 34.1 Å². The molecule has 0 saturated carbocycles. The summed E-state index contributed by atoms with van der Waals surface area (Å²) in [5.74, 6) is -1.95. The van der Waals surface area contributed by atoms with Crippen LogP contribution in [0.15, 0.2) is 40.0 Å². The van der Waals surface area contributed by atoms with E-state index in [2.05, 4.69) is 31.2 Å². The molecule has 1 saturated heterocycles. The minimum atomic E-state index is -1.38. The third-order valence-corrected chi connectivity index (χ3v) is 7.20. The maximum Gasteiger partial charge on any atom is 0.154 e. The van der Waals surface area contributed by atoms with Gasteiger partial charge in [-0.2, -0.15) is 5.26 Å². The molecule has 1 aromatic carbocycles. The molecule has 178 valence electrons. The zero-order valence-electron chi connectivity index (χ0n) is 16.9. The van der Waals surface area contributed by atoms with Gasteiger partial charge in [-0.3, -0.25) is 0 Å². The number of nitriles is 1. The summed E-state index contributed by atoms with van der Waals surface area (Å²) in [4.78, 5) is 4.56. The van der Waals surface area contributed by atoms with Crippen molar-refractivity contribution in [3.05, 3.63) is 57.4 Å². The SMILES string of the molecule is N#Cc1ncc(S[C@H]2O[C@H](CO)[C@H](O)[C@H](n3cc(-c4cc(F)c(Cl)c(F)c4)nn3)[C@H]2O)cc1Br. The summed E-state index contributed by atoms with van der Waals surface area (Å²) in [7, 11) is 0. The van der Waals surface area contributed by atoms with E-state index in [0.717, 1.165) is 28.6 Å². The molecule has 4 rings (SSSR count). The molecule has 3 N–H and O–H groups in total. The van der Waals surface area contributed by atoms with Crippen LogP contribution in [0.3, 0.4) is 0 Å². The Morgan fingerprint density at radius 1 is 1.24 bits per heavy atom. The normalized spacial score (nSPS) is 24.7. The maximum atomic E-state index is 13.9. The Morgan fingerprint density at radius 2 is 1.94 bits per heavy atom. The molecule has 1 aliphatic heterocycles. The zero-order valence-corrected chi connectivity index (χ0v) is 20.0. The van der Waals surface area contributed by atoms with Gasteiger partial charge in [0.2, 0.25) is 0 Å². The minimum absolute atomic E-state index is 0.0554. The van der Waals surface area contributed by atoms with Gasteiger partial charge in [0, 0.05) is 16.7 Å². The summed E-state index contributed by atoms with van der Waals surface area (Å²) >= 11 is 9.83. The zero-order chi connectivity index (χ0) is 24.6. The van der Waals surface area contributed by atoms with Crippen molar-refractivity contribution >= 4 is 39.3 Å². The van der Waals surface area contributed by atoms with Crippen molar-refractivity contribution in [3.8, 4) is 17.3 Å². The number of hydrogen-bond acceptors (Lipinski definition) is 9. The molecule has 5 atom stereocenters. The average Bonchev–Trinajstić information content (AvgIpc) is 3.29. The predicted molar refractivity (Wildman–Crippen MR) is 120 cm³/mol. The van der Waals surface area contributed by atoms with Crippen LogP contribution in [0.4, 0.5) is 8.78 Å². The summed E-state index contributed by atoms with van der Waals surface area (Å²) < 4.78 is 35.0. The Morgan fingerprint density at radius 3 is 2.56 bits per heavy atom. The highest BCUT2D eigenvalue weighted by atomic mass is 79.9. The standard InChI is InChI=1S/C20H15BrClF2N5O4S/c21-10-3-9(5-26-13(10)4-25)34-20-19(32)17(18(31)15(7-30)33-20)29-6-14(27-28-29)8-1-11(23)16(22)12(24)2-8/h1-3,5-6,15,17-20,30-32H,7H2/t15-,17+,18+,19-,20-/m1/s1. The summed E-state index contributed by atoms with van der Waals surface area (Å²) in [6, 6.07) is 4.41. The molecular formula is C20H15BrClF2N5O4S. The number of benzene rings is 1. The molecule has 9 nitrogen and oxygen atoms in total. The molecule has 0 unspecified atom stereocenters. The third-order valence-electron chi connectivity index (χ3n) is 5.12. The molecule has 2 aromatic heterocycles. The highest BCUT2D eigenvalue weighted by Crippen LogP contribution is 2.39. The van der Waals surface area contributed by atoms with Gasteiger partial charge in [-0.1, -0.05) is 28.6 Å². The highest BCUT2D eigenvalue weighted by molar-refractivity contribution is 9.10. The fourth-order valence-electron chi connectivity index (χ4n) is 3.44. The lowest BCUT2D eigenvalue weighted by Crippen LogP contribution is -2.55. The lowest BCUT2D eigenvalue weighted by Gasteiger charge is -2.41. The highest BCUT2D eigenvalue weighted by Gasteiger charge is 2.46. The molecule has 0 bridgehead atoms. The van der Waals surface area contributed by atoms with Crippen LogP contribution < -0.4 is 0 Å². The number of aliphatic hydroxyl groups is 3. The Balaban J connectivity index is 1.63. The van der Waals surface area contributed by atoms with Gasteiger partial charge in [0.25, 0.3) is 0 Å². The Hall–Kier alpha value is -2.18. The first-order valence-corrected chi connectivity index (χ1v) is 11.7. The van der Waals surface area contributed by atoms with Crippen molar-refractivity contribution in [1.82, 2.24) is 20.0 Å². The van der Waals surface area contributed by atoms with E-state index in [-0.39, 0.29) is 17.0 Å². The third kappa shape index (κ3) is 4.80. The summed E-state index contributed by atoms with van der Waals surface area (Å²) in [5, 5.41) is 47.6. The van der Waals surface area contributed by atoms with Gasteiger partial charge in [0.15, 0.2) is 5.69 Å². The summed E-state index contributed by atoms with van der Waals surface area (Å²) in [6.07, 6.45) is -1.06. The van der Waals surface area contributed by atoms with Crippen molar-refractivity contribution in [2.75, 3.05) is 6.61 Å². The van der Waals surface area contributed by atoms with Crippen LogP contribution >= 0.6 is 39.3 Å². The molecule has 0 amide bonds. The second-order valence-electron chi connectivity index (χ2n) is 7.27. The second kappa shape index (κ2) is 10.2. The van der Waals surface area contributed by atoms with E-state index in [4.69, 9.17) is 21.6 Å². The minimum Gasteiger partial charge on any atom is -0.394 e.